The van der Waals surface area contributed by atoms with Crippen LogP contribution in [0.2, 0.25) is 5.02 Å². The Morgan fingerprint density at radius 2 is 2.00 bits per heavy atom. The predicted octanol–water partition coefficient (Wildman–Crippen LogP) is 5.47. The monoisotopic (exact) mass is 415 g/mol. The molecular formula is C20H12ClF2N3OS. The molecule has 8 heteroatoms. The van der Waals surface area contributed by atoms with Crippen molar-refractivity contribution < 1.29 is 13.6 Å². The first kappa shape index (κ1) is 18.5. The molecule has 0 bridgehead atoms. The number of para-hydroxylation sites is 1. The minimum atomic E-state index is -0.539. The maximum atomic E-state index is 14.1. The smallest absolute Gasteiger partial charge is 0.261 e. The normalized spacial score (nSPS) is 11.0. The highest BCUT2D eigenvalue weighted by Gasteiger charge is 2.24. The molecule has 0 aliphatic rings. The summed E-state index contributed by atoms with van der Waals surface area (Å²) in [5.74, 6) is -1.47. The molecule has 0 atom stereocenters. The number of benzene rings is 2. The fourth-order valence-electron chi connectivity index (χ4n) is 2.73. The Bertz CT molecular complexity index is 1170. The van der Waals surface area contributed by atoms with E-state index in [1.165, 1.54) is 34.4 Å². The number of thiazole rings is 1. The molecule has 28 heavy (non-hydrogen) atoms. The lowest BCUT2D eigenvalue weighted by Gasteiger charge is -2.20. The number of anilines is 1. The Morgan fingerprint density at radius 1 is 1.14 bits per heavy atom. The second-order valence-electron chi connectivity index (χ2n) is 5.96. The van der Waals surface area contributed by atoms with Crippen LogP contribution >= 0.6 is 22.9 Å². The number of halogens is 3. The van der Waals surface area contributed by atoms with Gasteiger partial charge in [-0.1, -0.05) is 35.1 Å². The molecule has 0 spiro atoms. The van der Waals surface area contributed by atoms with Crippen molar-refractivity contribution in [2.75, 3.05) is 4.90 Å². The van der Waals surface area contributed by atoms with E-state index in [-0.39, 0.29) is 22.6 Å². The Balaban J connectivity index is 1.80. The molecular weight excluding hydrogens is 404 g/mol. The summed E-state index contributed by atoms with van der Waals surface area (Å²) in [5.41, 5.74) is 1.08. The summed E-state index contributed by atoms with van der Waals surface area (Å²) in [5, 5.41) is 0.308. The van der Waals surface area contributed by atoms with E-state index in [1.807, 2.05) is 6.07 Å². The molecule has 4 aromatic rings. The van der Waals surface area contributed by atoms with Crippen LogP contribution in [0.3, 0.4) is 0 Å². The van der Waals surface area contributed by atoms with Crippen LogP contribution in [0, 0.1) is 11.6 Å². The Labute approximate surface area is 168 Å². The number of hydrogen-bond acceptors (Lipinski definition) is 4. The lowest BCUT2D eigenvalue weighted by Crippen LogP contribution is -2.30. The van der Waals surface area contributed by atoms with Gasteiger partial charge in [0.05, 0.1) is 21.8 Å². The summed E-state index contributed by atoms with van der Waals surface area (Å²) in [4.78, 5) is 23.0. The number of carbonyl (C=O) groups is 1. The van der Waals surface area contributed by atoms with Gasteiger partial charge in [-0.15, -0.1) is 0 Å². The standard InChI is InChI=1S/C20H12ClF2N3OS/c21-15-9-13(22)6-7-14(15)19(27)26(11-12-3-2-8-24-10-12)20-25-18-16(23)4-1-5-17(18)28-20/h1-10H,11H2. The van der Waals surface area contributed by atoms with E-state index in [9.17, 15) is 13.6 Å². The molecule has 0 fully saturated rings. The third-order valence-corrected chi connectivity index (χ3v) is 5.42. The zero-order valence-electron chi connectivity index (χ0n) is 14.3. The molecule has 0 saturated heterocycles. The van der Waals surface area contributed by atoms with Gasteiger partial charge in [0.2, 0.25) is 0 Å². The van der Waals surface area contributed by atoms with Crippen LogP contribution < -0.4 is 4.90 Å². The van der Waals surface area contributed by atoms with Gasteiger partial charge in [0.1, 0.15) is 17.2 Å². The van der Waals surface area contributed by atoms with Gasteiger partial charge in [0.25, 0.3) is 5.91 Å². The van der Waals surface area contributed by atoms with Gasteiger partial charge in [0.15, 0.2) is 5.13 Å². The zero-order chi connectivity index (χ0) is 19.7. The molecule has 1 amide bonds. The van der Waals surface area contributed by atoms with Crippen molar-refractivity contribution in [1.29, 1.82) is 0 Å². The molecule has 4 nitrogen and oxygen atoms in total. The largest absolute Gasteiger partial charge is 0.279 e. The predicted molar refractivity (Wildman–Crippen MR) is 106 cm³/mol. The second kappa shape index (κ2) is 7.61. The summed E-state index contributed by atoms with van der Waals surface area (Å²) >= 11 is 7.27. The highest BCUT2D eigenvalue weighted by atomic mass is 35.5. The number of hydrogen-bond donors (Lipinski definition) is 0. The lowest BCUT2D eigenvalue weighted by atomic mass is 10.2. The third kappa shape index (κ3) is 3.58. The van der Waals surface area contributed by atoms with Gasteiger partial charge < -0.3 is 0 Å². The average molecular weight is 416 g/mol. The van der Waals surface area contributed by atoms with Crippen molar-refractivity contribution in [3.8, 4) is 0 Å². The molecule has 4 rings (SSSR count). The van der Waals surface area contributed by atoms with E-state index in [0.717, 1.165) is 11.6 Å². The first-order valence-corrected chi connectivity index (χ1v) is 9.43. The molecule has 2 aromatic carbocycles. The number of aromatic nitrogens is 2. The Morgan fingerprint density at radius 3 is 2.71 bits per heavy atom. The number of fused-ring (bicyclic) bond motifs is 1. The molecule has 0 N–H and O–H groups in total. The fourth-order valence-corrected chi connectivity index (χ4v) is 3.95. The minimum Gasteiger partial charge on any atom is -0.279 e. The van der Waals surface area contributed by atoms with Crippen LogP contribution in [0.5, 0.6) is 0 Å². The highest BCUT2D eigenvalue weighted by Crippen LogP contribution is 2.33. The van der Waals surface area contributed by atoms with Gasteiger partial charge in [0, 0.05) is 12.4 Å². The van der Waals surface area contributed by atoms with Crippen LogP contribution in [-0.4, -0.2) is 15.9 Å². The number of nitrogens with zero attached hydrogens (tertiary/aromatic N) is 3. The minimum absolute atomic E-state index is 0.00604. The van der Waals surface area contributed by atoms with Crippen molar-refractivity contribution in [1.82, 2.24) is 9.97 Å². The fraction of sp³-hybridized carbons (Fsp3) is 0.0500. The Kier molecular flexibility index (Phi) is 5.02. The molecule has 0 saturated carbocycles. The number of pyridine rings is 1. The lowest BCUT2D eigenvalue weighted by molar-refractivity contribution is 0.0985. The van der Waals surface area contributed by atoms with Crippen molar-refractivity contribution in [3.63, 3.8) is 0 Å². The second-order valence-corrected chi connectivity index (χ2v) is 7.38. The van der Waals surface area contributed by atoms with Crippen LogP contribution in [0.25, 0.3) is 10.2 Å². The van der Waals surface area contributed by atoms with Gasteiger partial charge in [-0.2, -0.15) is 0 Å². The zero-order valence-corrected chi connectivity index (χ0v) is 15.8. The average Bonchev–Trinajstić information content (AvgIpc) is 3.12. The molecule has 2 aromatic heterocycles. The summed E-state index contributed by atoms with van der Waals surface area (Å²) in [6.45, 7) is 0.155. The maximum absolute atomic E-state index is 14.1. The number of amides is 1. The number of rotatable bonds is 4. The van der Waals surface area contributed by atoms with E-state index in [1.54, 1.807) is 30.6 Å². The van der Waals surface area contributed by atoms with Crippen molar-refractivity contribution in [2.24, 2.45) is 0 Å². The quantitative estimate of drug-likeness (QED) is 0.444. The van der Waals surface area contributed by atoms with Crippen LogP contribution in [0.15, 0.2) is 60.9 Å². The SMILES string of the molecule is O=C(c1ccc(F)cc1Cl)N(Cc1cccnc1)c1nc2c(F)cccc2s1. The molecule has 0 aliphatic heterocycles. The van der Waals surface area contributed by atoms with E-state index < -0.39 is 17.5 Å². The Hall–Kier alpha value is -2.90. The van der Waals surface area contributed by atoms with E-state index in [4.69, 9.17) is 11.6 Å². The van der Waals surface area contributed by atoms with Gasteiger partial charge in [-0.3, -0.25) is 14.7 Å². The number of carbonyl (C=O) groups excluding carboxylic acids is 1. The van der Waals surface area contributed by atoms with Gasteiger partial charge in [-0.05, 0) is 42.0 Å². The van der Waals surface area contributed by atoms with Gasteiger partial charge >= 0.3 is 0 Å². The molecule has 140 valence electrons. The molecule has 0 radical (unpaired) electrons. The van der Waals surface area contributed by atoms with Crippen molar-refractivity contribution in [2.45, 2.75) is 6.54 Å². The van der Waals surface area contributed by atoms with E-state index in [2.05, 4.69) is 9.97 Å². The maximum Gasteiger partial charge on any atom is 0.261 e. The topological polar surface area (TPSA) is 46.1 Å². The summed E-state index contributed by atoms with van der Waals surface area (Å²) in [6.07, 6.45) is 3.25. The van der Waals surface area contributed by atoms with Crippen molar-refractivity contribution >= 4 is 44.2 Å². The first-order chi connectivity index (χ1) is 13.5. The highest BCUT2D eigenvalue weighted by molar-refractivity contribution is 7.22. The molecule has 2 heterocycles. The summed E-state index contributed by atoms with van der Waals surface area (Å²) in [6, 6.07) is 11.8. The summed E-state index contributed by atoms with van der Waals surface area (Å²) in [7, 11) is 0. The third-order valence-electron chi connectivity index (χ3n) is 4.06. The first-order valence-electron chi connectivity index (χ1n) is 8.24. The molecule has 0 aliphatic carbocycles. The van der Waals surface area contributed by atoms with Crippen LogP contribution in [0.4, 0.5) is 13.9 Å². The van der Waals surface area contributed by atoms with Gasteiger partial charge in [-0.25, -0.2) is 13.8 Å². The van der Waals surface area contributed by atoms with E-state index >= 15 is 0 Å². The summed E-state index contributed by atoms with van der Waals surface area (Å²) < 4.78 is 28.1. The molecule has 0 unspecified atom stereocenters. The van der Waals surface area contributed by atoms with Crippen molar-refractivity contribution in [3.05, 3.63) is 88.7 Å². The van der Waals surface area contributed by atoms with E-state index in [0.29, 0.717) is 9.83 Å². The van der Waals surface area contributed by atoms with Crippen LogP contribution in [-0.2, 0) is 6.54 Å². The van der Waals surface area contributed by atoms with Crippen LogP contribution in [0.1, 0.15) is 15.9 Å².